The number of hydrogen-bond acceptors (Lipinski definition) is 3. The van der Waals surface area contributed by atoms with Gasteiger partial charge in [-0.3, -0.25) is 0 Å². The summed E-state index contributed by atoms with van der Waals surface area (Å²) in [6.45, 7) is 0.178. The molecule has 1 aromatic heterocycles. The van der Waals surface area contributed by atoms with E-state index in [1.54, 1.807) is 12.1 Å². The van der Waals surface area contributed by atoms with Crippen LogP contribution in [0.25, 0.3) is 10.9 Å². The molecule has 0 unspecified atom stereocenters. The van der Waals surface area contributed by atoms with Crippen molar-refractivity contribution in [2.75, 3.05) is 11.9 Å². The molecule has 0 aliphatic rings. The van der Waals surface area contributed by atoms with Crippen molar-refractivity contribution in [1.82, 2.24) is 4.98 Å². The van der Waals surface area contributed by atoms with Crippen LogP contribution in [0.1, 0.15) is 16.8 Å². The third-order valence-corrected chi connectivity index (χ3v) is 4.10. The lowest BCUT2D eigenvalue weighted by molar-refractivity contribution is -0.142. The molecule has 28 heavy (non-hydrogen) atoms. The van der Waals surface area contributed by atoms with E-state index >= 15 is 0 Å². The first kappa shape index (κ1) is 19.8. The average Bonchev–Trinajstić information content (AvgIpc) is 2.61. The Balaban J connectivity index is 1.99. The maximum absolute atomic E-state index is 13.2. The third-order valence-electron chi connectivity index (χ3n) is 4.10. The van der Waals surface area contributed by atoms with Crippen LogP contribution < -0.4 is 5.32 Å². The van der Waals surface area contributed by atoms with Crippen LogP contribution in [0, 0.1) is 0 Å². The van der Waals surface area contributed by atoms with E-state index < -0.39 is 29.1 Å². The Hall–Kier alpha value is -2.97. The van der Waals surface area contributed by atoms with Gasteiger partial charge < -0.3 is 10.4 Å². The molecule has 1 heterocycles. The summed E-state index contributed by atoms with van der Waals surface area (Å²) in [5, 5.41) is 12.0. The number of nitrogens with one attached hydrogen (secondary N) is 1. The molecular weight excluding hydrogens is 386 g/mol. The molecule has 3 aromatic rings. The van der Waals surface area contributed by atoms with E-state index in [2.05, 4.69) is 10.3 Å². The maximum Gasteiger partial charge on any atom is 0.433 e. The van der Waals surface area contributed by atoms with Crippen molar-refractivity contribution < 1.29 is 31.4 Å². The summed E-state index contributed by atoms with van der Waals surface area (Å²) in [5.74, 6) is 0.0753. The standard InChI is InChI=1S/C19H14F6N2O/c20-18(21,22)14-3-1-2-13-15(10-16(19(23,24)25)27-17(13)14)26-9-8-11-4-6-12(28)7-5-11/h1-7,10,28H,8-9H2,(H,26,27). The fourth-order valence-electron chi connectivity index (χ4n) is 2.77. The number of benzene rings is 2. The molecule has 3 nitrogen and oxygen atoms in total. The van der Waals surface area contributed by atoms with Crippen LogP contribution in [0.5, 0.6) is 5.75 Å². The second kappa shape index (κ2) is 7.21. The van der Waals surface area contributed by atoms with Gasteiger partial charge in [0, 0.05) is 17.6 Å². The van der Waals surface area contributed by atoms with E-state index in [0.29, 0.717) is 18.6 Å². The maximum atomic E-state index is 13.2. The smallest absolute Gasteiger partial charge is 0.433 e. The monoisotopic (exact) mass is 400 g/mol. The van der Waals surface area contributed by atoms with Gasteiger partial charge in [0.1, 0.15) is 11.4 Å². The number of rotatable bonds is 4. The van der Waals surface area contributed by atoms with Gasteiger partial charge in [0.2, 0.25) is 0 Å². The van der Waals surface area contributed by atoms with Crippen LogP contribution in [-0.2, 0) is 18.8 Å². The van der Waals surface area contributed by atoms with E-state index in [-0.39, 0.29) is 23.4 Å². The molecule has 0 spiro atoms. The molecule has 0 aliphatic carbocycles. The predicted octanol–water partition coefficient (Wildman–Crippen LogP) is 5.63. The van der Waals surface area contributed by atoms with Crippen LogP contribution in [0.15, 0.2) is 48.5 Å². The zero-order chi connectivity index (χ0) is 20.5. The van der Waals surface area contributed by atoms with E-state index in [0.717, 1.165) is 11.6 Å². The number of para-hydroxylation sites is 1. The Morgan fingerprint density at radius 3 is 2.18 bits per heavy atom. The summed E-state index contributed by atoms with van der Waals surface area (Å²) < 4.78 is 79.1. The zero-order valence-electron chi connectivity index (χ0n) is 14.2. The number of fused-ring (bicyclic) bond motifs is 1. The number of phenolic OH excluding ortho intramolecular Hbond substituents is 1. The fourth-order valence-corrected chi connectivity index (χ4v) is 2.77. The number of pyridine rings is 1. The number of anilines is 1. The minimum absolute atomic E-state index is 0.0477. The number of alkyl halides is 6. The number of aromatic nitrogens is 1. The van der Waals surface area contributed by atoms with Gasteiger partial charge in [-0.15, -0.1) is 0 Å². The molecule has 0 saturated carbocycles. The second-order valence-corrected chi connectivity index (χ2v) is 6.10. The SMILES string of the molecule is Oc1ccc(CCNc2cc(C(F)(F)F)nc3c(C(F)(F)F)cccc23)cc1. The van der Waals surface area contributed by atoms with Crippen LogP contribution in [0.2, 0.25) is 0 Å². The van der Waals surface area contributed by atoms with Crippen LogP contribution in [0.3, 0.4) is 0 Å². The molecule has 148 valence electrons. The predicted molar refractivity (Wildman–Crippen MR) is 92.0 cm³/mol. The molecule has 9 heteroatoms. The molecule has 0 bridgehead atoms. The zero-order valence-corrected chi connectivity index (χ0v) is 14.2. The second-order valence-electron chi connectivity index (χ2n) is 6.10. The number of nitrogens with zero attached hydrogens (tertiary/aromatic N) is 1. The summed E-state index contributed by atoms with van der Waals surface area (Å²) >= 11 is 0. The van der Waals surface area contributed by atoms with E-state index in [4.69, 9.17) is 0 Å². The van der Waals surface area contributed by atoms with Crippen molar-refractivity contribution in [3.05, 3.63) is 65.4 Å². The summed E-state index contributed by atoms with van der Waals surface area (Å²) in [4.78, 5) is 3.24. The normalized spacial score (nSPS) is 12.4. The molecule has 0 fully saturated rings. The minimum atomic E-state index is -4.89. The first-order valence-corrected chi connectivity index (χ1v) is 8.15. The quantitative estimate of drug-likeness (QED) is 0.558. The van der Waals surface area contributed by atoms with Gasteiger partial charge in [-0.25, -0.2) is 4.98 Å². The summed E-state index contributed by atoms with van der Waals surface area (Å²) in [6, 6.07) is 10.1. The molecule has 0 aliphatic heterocycles. The molecule has 3 rings (SSSR count). The van der Waals surface area contributed by atoms with Gasteiger partial charge in [-0.1, -0.05) is 24.3 Å². The molecule has 0 amide bonds. The first-order valence-electron chi connectivity index (χ1n) is 8.15. The summed E-state index contributed by atoms with van der Waals surface area (Å²) in [5.41, 5.74) is -2.66. The molecular formula is C19H14F6N2O. The Morgan fingerprint density at radius 1 is 0.893 bits per heavy atom. The Labute approximate surface area is 155 Å². The third kappa shape index (κ3) is 4.29. The summed E-state index contributed by atoms with van der Waals surface area (Å²) in [7, 11) is 0. The van der Waals surface area contributed by atoms with E-state index in [1.165, 1.54) is 18.2 Å². The molecule has 2 N–H and O–H groups in total. The number of hydrogen-bond donors (Lipinski definition) is 2. The van der Waals surface area contributed by atoms with Crippen LogP contribution >= 0.6 is 0 Å². The van der Waals surface area contributed by atoms with Crippen molar-refractivity contribution in [1.29, 1.82) is 0 Å². The number of phenols is 1. The lowest BCUT2D eigenvalue weighted by Gasteiger charge is -2.16. The Morgan fingerprint density at radius 2 is 1.57 bits per heavy atom. The van der Waals surface area contributed by atoms with Crippen molar-refractivity contribution in [3.8, 4) is 5.75 Å². The van der Waals surface area contributed by atoms with Gasteiger partial charge in [0.25, 0.3) is 0 Å². The fraction of sp³-hybridized carbons (Fsp3) is 0.211. The molecule has 0 radical (unpaired) electrons. The molecule has 2 aromatic carbocycles. The highest BCUT2D eigenvalue weighted by Gasteiger charge is 2.37. The van der Waals surface area contributed by atoms with Crippen molar-refractivity contribution >= 4 is 16.6 Å². The molecule has 0 saturated heterocycles. The highest BCUT2D eigenvalue weighted by atomic mass is 19.4. The number of aromatic hydroxyl groups is 1. The first-order chi connectivity index (χ1) is 13.1. The van der Waals surface area contributed by atoms with Crippen LogP contribution in [-0.4, -0.2) is 16.6 Å². The van der Waals surface area contributed by atoms with Gasteiger partial charge in [0.05, 0.1) is 11.1 Å². The van der Waals surface area contributed by atoms with Gasteiger partial charge in [0.15, 0.2) is 0 Å². The summed E-state index contributed by atoms with van der Waals surface area (Å²) in [6.07, 6.45) is -9.33. The largest absolute Gasteiger partial charge is 0.508 e. The Bertz CT molecular complexity index is 981. The van der Waals surface area contributed by atoms with Gasteiger partial charge >= 0.3 is 12.4 Å². The van der Waals surface area contributed by atoms with Gasteiger partial charge in [-0.05, 0) is 36.2 Å². The molecule has 0 atom stereocenters. The van der Waals surface area contributed by atoms with Crippen LogP contribution in [0.4, 0.5) is 32.0 Å². The lowest BCUT2D eigenvalue weighted by Crippen LogP contribution is -2.14. The van der Waals surface area contributed by atoms with Gasteiger partial charge in [-0.2, -0.15) is 26.3 Å². The minimum Gasteiger partial charge on any atom is -0.508 e. The van der Waals surface area contributed by atoms with Crippen molar-refractivity contribution in [3.63, 3.8) is 0 Å². The van der Waals surface area contributed by atoms with Crippen molar-refractivity contribution in [2.45, 2.75) is 18.8 Å². The van der Waals surface area contributed by atoms with E-state index in [1.807, 2.05) is 0 Å². The highest BCUT2D eigenvalue weighted by molar-refractivity contribution is 5.93. The van der Waals surface area contributed by atoms with Crippen molar-refractivity contribution in [2.24, 2.45) is 0 Å². The average molecular weight is 400 g/mol. The van der Waals surface area contributed by atoms with E-state index in [9.17, 15) is 31.4 Å². The lowest BCUT2D eigenvalue weighted by atomic mass is 10.1. The highest BCUT2D eigenvalue weighted by Crippen LogP contribution is 2.39. The number of halogens is 6. The Kier molecular flexibility index (Phi) is 5.10. The topological polar surface area (TPSA) is 45.1 Å².